The van der Waals surface area contributed by atoms with Crippen molar-refractivity contribution in [2.45, 2.75) is 57.9 Å². The molecule has 0 bridgehead atoms. The molecule has 0 radical (unpaired) electrons. The summed E-state index contributed by atoms with van der Waals surface area (Å²) in [5.74, 6) is 0.359. The number of nitrogens with one attached hydrogen (secondary N) is 1. The predicted octanol–water partition coefficient (Wildman–Crippen LogP) is 3.28. The second-order valence-corrected chi connectivity index (χ2v) is 7.04. The van der Waals surface area contributed by atoms with Crippen LogP contribution in [0.5, 0.6) is 0 Å². The van der Waals surface area contributed by atoms with Crippen molar-refractivity contribution in [3.63, 3.8) is 0 Å². The third-order valence-corrected chi connectivity index (χ3v) is 5.79. The predicted molar refractivity (Wildman–Crippen MR) is 81.9 cm³/mol. The lowest BCUT2D eigenvalue weighted by Crippen LogP contribution is -2.48. The van der Waals surface area contributed by atoms with E-state index in [0.717, 1.165) is 12.8 Å². The number of fused-ring (bicyclic) bond motifs is 1. The van der Waals surface area contributed by atoms with Crippen molar-refractivity contribution in [1.82, 2.24) is 5.32 Å². The van der Waals surface area contributed by atoms with Gasteiger partial charge in [0.1, 0.15) is 5.78 Å². The zero-order chi connectivity index (χ0) is 15.3. The Hall–Kier alpha value is -1.64. The molecule has 0 heterocycles. The number of Topliss-reactive ketones (excluding diaryl/α,β-unsaturated/α-hetero) is 1. The van der Waals surface area contributed by atoms with Gasteiger partial charge < -0.3 is 5.32 Å². The molecule has 21 heavy (non-hydrogen) atoms. The van der Waals surface area contributed by atoms with Crippen LogP contribution in [0.1, 0.15) is 63.6 Å². The van der Waals surface area contributed by atoms with Crippen molar-refractivity contribution in [2.75, 3.05) is 0 Å². The van der Waals surface area contributed by atoms with Crippen LogP contribution in [0.3, 0.4) is 0 Å². The largest absolute Gasteiger partial charge is 0.349 e. The average Bonchev–Trinajstić information content (AvgIpc) is 2.61. The zero-order valence-corrected chi connectivity index (χ0v) is 13.0. The summed E-state index contributed by atoms with van der Waals surface area (Å²) in [6.07, 6.45) is 2.98. The molecule has 0 aromatic heterocycles. The first kappa shape index (κ1) is 14.3. The summed E-state index contributed by atoms with van der Waals surface area (Å²) in [6, 6.07) is 8.43. The summed E-state index contributed by atoms with van der Waals surface area (Å²) in [5, 5.41) is 3.18. The Bertz CT molecular complexity index is 593. The highest BCUT2D eigenvalue weighted by atomic mass is 16.1. The van der Waals surface area contributed by atoms with Crippen LogP contribution in [0.25, 0.3) is 0 Å². The molecule has 1 fully saturated rings. The number of carbonyl (C=O) groups excluding carboxylic acids is 2. The number of ketones is 1. The molecular weight excluding hydrogens is 262 g/mol. The summed E-state index contributed by atoms with van der Waals surface area (Å²) in [7, 11) is 0. The standard InChI is InChI=1S/C18H23NO2/c1-12(20)19-16-14-6-4-5-7-15(14)17(2,3)18(16)10-8-13(21)9-11-18/h4-7,16H,8-11H2,1-3H3,(H,19,20)/t16-/m1/s1. The summed E-state index contributed by atoms with van der Waals surface area (Å²) in [6.45, 7) is 6.11. The lowest BCUT2D eigenvalue weighted by atomic mass is 9.57. The van der Waals surface area contributed by atoms with Crippen LogP contribution in [0.4, 0.5) is 0 Å². The highest BCUT2D eigenvalue weighted by molar-refractivity contribution is 5.80. The Morgan fingerprint density at radius 3 is 2.43 bits per heavy atom. The minimum atomic E-state index is -0.0454. The molecule has 3 nitrogen and oxygen atoms in total. The van der Waals surface area contributed by atoms with E-state index in [1.165, 1.54) is 11.1 Å². The third kappa shape index (κ3) is 1.94. The van der Waals surface area contributed by atoms with Gasteiger partial charge >= 0.3 is 0 Å². The number of hydrogen-bond acceptors (Lipinski definition) is 2. The summed E-state index contributed by atoms with van der Waals surface area (Å²) >= 11 is 0. The summed E-state index contributed by atoms with van der Waals surface area (Å²) < 4.78 is 0. The van der Waals surface area contributed by atoms with Gasteiger partial charge in [0, 0.05) is 25.2 Å². The molecule has 1 atom stereocenters. The first-order valence-electron chi connectivity index (χ1n) is 7.77. The SMILES string of the molecule is CC(=O)N[C@@H]1c2ccccc2C(C)(C)C12CCC(=O)CC2. The Morgan fingerprint density at radius 2 is 1.81 bits per heavy atom. The van der Waals surface area contributed by atoms with Gasteiger partial charge in [0.15, 0.2) is 0 Å². The highest BCUT2D eigenvalue weighted by Gasteiger charge is 2.58. The fourth-order valence-electron chi connectivity index (χ4n) is 4.55. The Labute approximate surface area is 126 Å². The summed E-state index contributed by atoms with van der Waals surface area (Å²) in [5.41, 5.74) is 2.47. The molecule has 3 rings (SSSR count). The van der Waals surface area contributed by atoms with Crippen molar-refractivity contribution in [3.05, 3.63) is 35.4 Å². The van der Waals surface area contributed by atoms with Crippen LogP contribution in [-0.2, 0) is 15.0 Å². The Kier molecular flexibility index (Phi) is 3.19. The molecule has 2 aliphatic carbocycles. The van der Waals surface area contributed by atoms with Gasteiger partial charge in [-0.2, -0.15) is 0 Å². The number of amides is 1. The van der Waals surface area contributed by atoms with E-state index in [2.05, 4.69) is 37.4 Å². The van der Waals surface area contributed by atoms with Gasteiger partial charge in [-0.15, -0.1) is 0 Å². The van der Waals surface area contributed by atoms with Crippen molar-refractivity contribution < 1.29 is 9.59 Å². The van der Waals surface area contributed by atoms with E-state index in [1.54, 1.807) is 6.92 Å². The molecule has 1 aromatic rings. The van der Waals surface area contributed by atoms with Crippen LogP contribution in [-0.4, -0.2) is 11.7 Å². The van der Waals surface area contributed by atoms with Gasteiger partial charge in [0.25, 0.3) is 0 Å². The van der Waals surface area contributed by atoms with Crippen molar-refractivity contribution >= 4 is 11.7 Å². The maximum Gasteiger partial charge on any atom is 0.217 e. The van der Waals surface area contributed by atoms with Gasteiger partial charge in [0.2, 0.25) is 5.91 Å². The van der Waals surface area contributed by atoms with Crippen molar-refractivity contribution in [1.29, 1.82) is 0 Å². The maximum atomic E-state index is 11.7. The molecule has 1 saturated carbocycles. The van der Waals surface area contributed by atoms with E-state index in [4.69, 9.17) is 0 Å². The molecule has 112 valence electrons. The molecule has 0 saturated heterocycles. The minimum Gasteiger partial charge on any atom is -0.349 e. The fraction of sp³-hybridized carbons (Fsp3) is 0.556. The topological polar surface area (TPSA) is 46.2 Å². The van der Waals surface area contributed by atoms with Crippen molar-refractivity contribution in [2.24, 2.45) is 5.41 Å². The molecule has 2 aliphatic rings. The summed E-state index contributed by atoms with van der Waals surface area (Å²) in [4.78, 5) is 23.5. The number of benzene rings is 1. The van der Waals surface area contributed by atoms with Crippen LogP contribution < -0.4 is 5.32 Å². The van der Waals surface area contributed by atoms with Crippen molar-refractivity contribution in [3.8, 4) is 0 Å². The first-order valence-corrected chi connectivity index (χ1v) is 7.77. The van der Waals surface area contributed by atoms with Gasteiger partial charge in [-0.1, -0.05) is 38.1 Å². The third-order valence-electron chi connectivity index (χ3n) is 5.79. The van der Waals surface area contributed by atoms with Crippen LogP contribution in [0, 0.1) is 5.41 Å². The molecule has 3 heteroatoms. The van der Waals surface area contributed by atoms with E-state index in [9.17, 15) is 9.59 Å². The number of rotatable bonds is 1. The zero-order valence-electron chi connectivity index (χ0n) is 13.0. The lowest BCUT2D eigenvalue weighted by Gasteiger charge is -2.48. The average molecular weight is 285 g/mol. The van der Waals surface area contributed by atoms with E-state index in [0.29, 0.717) is 18.6 Å². The number of carbonyl (C=O) groups is 2. The fourth-order valence-corrected chi connectivity index (χ4v) is 4.55. The van der Waals surface area contributed by atoms with Gasteiger partial charge in [-0.3, -0.25) is 9.59 Å². The molecule has 0 aliphatic heterocycles. The monoisotopic (exact) mass is 285 g/mol. The molecule has 1 N–H and O–H groups in total. The van der Waals surface area contributed by atoms with E-state index in [-0.39, 0.29) is 22.8 Å². The Morgan fingerprint density at radius 1 is 1.19 bits per heavy atom. The second-order valence-electron chi connectivity index (χ2n) is 7.04. The Balaban J connectivity index is 2.13. The smallest absolute Gasteiger partial charge is 0.217 e. The minimum absolute atomic E-state index is 0.00350. The number of hydrogen-bond donors (Lipinski definition) is 1. The first-order chi connectivity index (χ1) is 9.88. The van der Waals surface area contributed by atoms with Gasteiger partial charge in [-0.05, 0) is 29.4 Å². The van der Waals surface area contributed by atoms with E-state index >= 15 is 0 Å². The molecule has 0 unspecified atom stereocenters. The van der Waals surface area contributed by atoms with Crippen LogP contribution in [0.2, 0.25) is 0 Å². The molecule has 1 aromatic carbocycles. The van der Waals surface area contributed by atoms with E-state index < -0.39 is 0 Å². The maximum absolute atomic E-state index is 11.7. The molecule has 1 amide bonds. The van der Waals surface area contributed by atoms with Gasteiger partial charge in [-0.25, -0.2) is 0 Å². The lowest BCUT2D eigenvalue weighted by molar-refractivity contribution is -0.125. The van der Waals surface area contributed by atoms with E-state index in [1.807, 2.05) is 6.07 Å². The molecule has 1 spiro atoms. The molecular formula is C18H23NO2. The highest BCUT2D eigenvalue weighted by Crippen LogP contribution is 2.63. The second kappa shape index (κ2) is 4.69. The van der Waals surface area contributed by atoms with Crippen LogP contribution in [0.15, 0.2) is 24.3 Å². The van der Waals surface area contributed by atoms with Gasteiger partial charge in [0.05, 0.1) is 6.04 Å². The normalized spacial score (nSPS) is 25.7. The van der Waals surface area contributed by atoms with Crippen LogP contribution >= 0.6 is 0 Å². The quantitative estimate of drug-likeness (QED) is 0.860.